The summed E-state index contributed by atoms with van der Waals surface area (Å²) in [5, 5.41) is 0. The lowest BCUT2D eigenvalue weighted by Crippen LogP contribution is -2.55. The van der Waals surface area contributed by atoms with Gasteiger partial charge in [0.15, 0.2) is 0 Å². The molecule has 3 fully saturated rings. The maximum Gasteiger partial charge on any atom is 0.0951 e. The van der Waals surface area contributed by atoms with E-state index in [0.717, 1.165) is 39.2 Å². The van der Waals surface area contributed by atoms with E-state index in [-0.39, 0.29) is 5.60 Å². The Balaban J connectivity index is 1.66. The number of ether oxygens (including phenoxy) is 2. The van der Waals surface area contributed by atoms with Gasteiger partial charge in [0.2, 0.25) is 0 Å². The van der Waals surface area contributed by atoms with Gasteiger partial charge in [0.25, 0.3) is 0 Å². The average Bonchev–Trinajstić information content (AvgIpc) is 2.87. The van der Waals surface area contributed by atoms with Crippen molar-refractivity contribution in [2.75, 3.05) is 32.9 Å². The van der Waals surface area contributed by atoms with Gasteiger partial charge in [-0.25, -0.2) is 0 Å². The predicted molar refractivity (Wildman–Crippen MR) is 75.1 cm³/mol. The summed E-state index contributed by atoms with van der Waals surface area (Å²) in [5.74, 6) is 0.690. The number of likely N-dealkylation sites (tertiary alicyclic amines) is 1. The Kier molecular flexibility index (Phi) is 4.13. The van der Waals surface area contributed by atoms with Crippen molar-refractivity contribution in [1.29, 1.82) is 0 Å². The minimum Gasteiger partial charge on any atom is -0.378 e. The average molecular weight is 268 g/mol. The highest BCUT2D eigenvalue weighted by molar-refractivity contribution is 4.95. The minimum absolute atomic E-state index is 0.0261. The zero-order valence-corrected chi connectivity index (χ0v) is 12.1. The van der Waals surface area contributed by atoms with Crippen LogP contribution in [0, 0.1) is 5.92 Å². The molecule has 0 radical (unpaired) electrons. The monoisotopic (exact) mass is 268 g/mol. The maximum absolute atomic E-state index is 6.06. The second kappa shape index (κ2) is 5.68. The number of nitrogens with two attached hydrogens (primary N) is 1. The Labute approximate surface area is 116 Å². The highest BCUT2D eigenvalue weighted by atomic mass is 16.6. The lowest BCUT2D eigenvalue weighted by atomic mass is 9.85. The van der Waals surface area contributed by atoms with Crippen LogP contribution in [0.1, 0.15) is 39.0 Å². The lowest BCUT2D eigenvalue weighted by Gasteiger charge is -2.47. The van der Waals surface area contributed by atoms with E-state index in [2.05, 4.69) is 11.8 Å². The number of hydrogen-bond acceptors (Lipinski definition) is 4. The van der Waals surface area contributed by atoms with Crippen molar-refractivity contribution in [1.82, 2.24) is 4.90 Å². The predicted octanol–water partition coefficient (Wildman–Crippen LogP) is 1.38. The summed E-state index contributed by atoms with van der Waals surface area (Å²) in [6.45, 7) is 6.95. The molecule has 4 atom stereocenters. The van der Waals surface area contributed by atoms with E-state index in [4.69, 9.17) is 15.2 Å². The van der Waals surface area contributed by atoms with E-state index >= 15 is 0 Å². The molecule has 0 bridgehead atoms. The fourth-order valence-corrected chi connectivity index (χ4v) is 4.06. The van der Waals surface area contributed by atoms with Gasteiger partial charge in [0, 0.05) is 38.3 Å². The fourth-order valence-electron chi connectivity index (χ4n) is 4.06. The van der Waals surface area contributed by atoms with Gasteiger partial charge in [-0.15, -0.1) is 0 Å². The summed E-state index contributed by atoms with van der Waals surface area (Å²) in [4.78, 5) is 2.71. The molecule has 0 aromatic rings. The van der Waals surface area contributed by atoms with Crippen LogP contribution in [0.3, 0.4) is 0 Å². The van der Waals surface area contributed by atoms with Gasteiger partial charge in [-0.1, -0.05) is 0 Å². The molecule has 110 valence electrons. The van der Waals surface area contributed by atoms with Gasteiger partial charge in [-0.2, -0.15) is 0 Å². The van der Waals surface area contributed by atoms with Crippen LogP contribution < -0.4 is 5.73 Å². The van der Waals surface area contributed by atoms with Crippen molar-refractivity contribution in [2.24, 2.45) is 11.7 Å². The van der Waals surface area contributed by atoms with Gasteiger partial charge in [0.05, 0.1) is 12.2 Å². The summed E-state index contributed by atoms with van der Waals surface area (Å²) in [6, 6.07) is 1.37. The second-order valence-electron chi connectivity index (χ2n) is 6.71. The molecule has 3 aliphatic heterocycles. The van der Waals surface area contributed by atoms with Crippen molar-refractivity contribution >= 4 is 0 Å². The Morgan fingerprint density at radius 3 is 2.89 bits per heavy atom. The van der Waals surface area contributed by atoms with Crippen molar-refractivity contribution < 1.29 is 9.47 Å². The molecule has 2 N–H and O–H groups in total. The van der Waals surface area contributed by atoms with Crippen LogP contribution >= 0.6 is 0 Å². The zero-order valence-electron chi connectivity index (χ0n) is 12.1. The number of rotatable bonds is 2. The van der Waals surface area contributed by atoms with Gasteiger partial charge in [-0.05, 0) is 45.1 Å². The molecule has 1 spiro atoms. The third-order valence-electron chi connectivity index (χ3n) is 5.36. The van der Waals surface area contributed by atoms with E-state index in [9.17, 15) is 0 Å². The molecule has 0 amide bonds. The highest BCUT2D eigenvalue weighted by Gasteiger charge is 2.43. The van der Waals surface area contributed by atoms with E-state index < -0.39 is 0 Å². The zero-order chi connectivity index (χ0) is 13.3. The summed E-state index contributed by atoms with van der Waals surface area (Å²) in [6.07, 6.45) is 5.98. The Hall–Kier alpha value is -0.160. The molecular weight excluding hydrogens is 240 g/mol. The SMILES string of the molecule is CC1CCC(CN)CN1C1CCOC2(CCOC2)C1. The van der Waals surface area contributed by atoms with Crippen LogP contribution in [0.15, 0.2) is 0 Å². The van der Waals surface area contributed by atoms with Gasteiger partial charge >= 0.3 is 0 Å². The molecule has 3 rings (SSSR count). The largest absolute Gasteiger partial charge is 0.378 e. The van der Waals surface area contributed by atoms with Crippen LogP contribution in [0.25, 0.3) is 0 Å². The smallest absolute Gasteiger partial charge is 0.0951 e. The Morgan fingerprint density at radius 2 is 2.16 bits per heavy atom. The standard InChI is InChI=1S/C15H28N2O2/c1-12-2-3-13(9-16)10-17(12)14-4-6-19-15(8-14)5-7-18-11-15/h12-14H,2-11,16H2,1H3. The molecule has 4 nitrogen and oxygen atoms in total. The summed E-state index contributed by atoms with van der Waals surface area (Å²) in [7, 11) is 0. The molecule has 3 aliphatic rings. The third-order valence-corrected chi connectivity index (χ3v) is 5.36. The molecule has 3 heterocycles. The first-order valence-electron chi connectivity index (χ1n) is 7.90. The molecule has 4 unspecified atom stereocenters. The number of hydrogen-bond donors (Lipinski definition) is 1. The van der Waals surface area contributed by atoms with E-state index in [1.165, 1.54) is 25.8 Å². The Bertz CT molecular complexity index is 305. The van der Waals surface area contributed by atoms with E-state index in [1.54, 1.807) is 0 Å². The van der Waals surface area contributed by atoms with Crippen LogP contribution in [0.4, 0.5) is 0 Å². The van der Waals surface area contributed by atoms with Gasteiger partial charge in [-0.3, -0.25) is 4.90 Å². The first-order valence-corrected chi connectivity index (χ1v) is 7.90. The fraction of sp³-hybridized carbons (Fsp3) is 1.00. The quantitative estimate of drug-likeness (QED) is 0.822. The molecule has 0 aromatic carbocycles. The molecule has 3 saturated heterocycles. The maximum atomic E-state index is 6.06. The number of nitrogens with zero attached hydrogens (tertiary/aromatic N) is 1. The van der Waals surface area contributed by atoms with Crippen molar-refractivity contribution in [3.05, 3.63) is 0 Å². The van der Waals surface area contributed by atoms with Crippen molar-refractivity contribution in [3.63, 3.8) is 0 Å². The van der Waals surface area contributed by atoms with Crippen molar-refractivity contribution in [2.45, 2.75) is 56.7 Å². The van der Waals surface area contributed by atoms with Gasteiger partial charge < -0.3 is 15.2 Å². The molecular formula is C15H28N2O2. The minimum atomic E-state index is 0.0261. The molecule has 0 aliphatic carbocycles. The summed E-state index contributed by atoms with van der Waals surface area (Å²) < 4.78 is 11.6. The van der Waals surface area contributed by atoms with Crippen molar-refractivity contribution in [3.8, 4) is 0 Å². The second-order valence-corrected chi connectivity index (χ2v) is 6.71. The first kappa shape index (κ1) is 13.8. The normalized spacial score (nSPS) is 44.8. The van der Waals surface area contributed by atoms with E-state index in [1.807, 2.05) is 0 Å². The van der Waals surface area contributed by atoms with Crippen LogP contribution in [-0.2, 0) is 9.47 Å². The molecule has 0 aromatic heterocycles. The highest BCUT2D eigenvalue weighted by Crippen LogP contribution is 2.37. The van der Waals surface area contributed by atoms with Gasteiger partial charge in [0.1, 0.15) is 0 Å². The van der Waals surface area contributed by atoms with Crippen LogP contribution in [0.2, 0.25) is 0 Å². The molecule has 0 saturated carbocycles. The molecule has 19 heavy (non-hydrogen) atoms. The van der Waals surface area contributed by atoms with E-state index in [0.29, 0.717) is 18.0 Å². The Morgan fingerprint density at radius 1 is 1.26 bits per heavy atom. The van der Waals surface area contributed by atoms with Crippen LogP contribution in [0.5, 0.6) is 0 Å². The number of piperidine rings is 1. The van der Waals surface area contributed by atoms with Crippen LogP contribution in [-0.4, -0.2) is 55.5 Å². The summed E-state index contributed by atoms with van der Waals surface area (Å²) in [5.41, 5.74) is 5.91. The first-order chi connectivity index (χ1) is 9.22. The summed E-state index contributed by atoms with van der Waals surface area (Å²) >= 11 is 0. The lowest BCUT2D eigenvalue weighted by molar-refractivity contribution is -0.115. The molecule has 4 heteroatoms. The third kappa shape index (κ3) is 2.82. The topological polar surface area (TPSA) is 47.7 Å².